The third-order valence-electron chi connectivity index (χ3n) is 3.31. The molecule has 4 nitrogen and oxygen atoms in total. The fourth-order valence-corrected chi connectivity index (χ4v) is 3.42. The quantitative estimate of drug-likeness (QED) is 0.712. The fraction of sp³-hybridized carbons (Fsp3) is 0.222. The summed E-state index contributed by atoms with van der Waals surface area (Å²) in [5.74, 6) is -0.405. The minimum atomic E-state index is -0.269. The number of aryl methyl sites for hydroxylation is 1. The summed E-state index contributed by atoms with van der Waals surface area (Å²) >= 11 is 4.85. The van der Waals surface area contributed by atoms with E-state index in [9.17, 15) is 9.59 Å². The Bertz CT molecular complexity index is 722. The first-order valence-electron chi connectivity index (χ1n) is 7.51. The Kier molecular flexibility index (Phi) is 6.87. The van der Waals surface area contributed by atoms with E-state index in [1.807, 2.05) is 62.4 Å². The van der Waals surface area contributed by atoms with Gasteiger partial charge in [-0.25, -0.2) is 0 Å². The summed E-state index contributed by atoms with van der Waals surface area (Å²) < 4.78 is 0.957. The molecule has 2 aromatic carbocycles. The third-order valence-corrected chi connectivity index (χ3v) is 4.92. The van der Waals surface area contributed by atoms with Crippen LogP contribution < -0.4 is 10.6 Å². The molecule has 2 N–H and O–H groups in total. The minimum Gasteiger partial charge on any atom is -0.346 e. The number of hydrogen-bond donors (Lipinski definition) is 2. The number of benzene rings is 2. The van der Waals surface area contributed by atoms with Gasteiger partial charge in [0.15, 0.2) is 0 Å². The first kappa shape index (κ1) is 18.5. The second-order valence-electron chi connectivity index (χ2n) is 5.30. The lowest BCUT2D eigenvalue weighted by Crippen LogP contribution is -2.37. The molecule has 0 spiro atoms. The van der Waals surface area contributed by atoms with E-state index in [2.05, 4.69) is 26.6 Å². The summed E-state index contributed by atoms with van der Waals surface area (Å²) in [5.41, 5.74) is 1.70. The lowest BCUT2D eigenvalue weighted by Gasteiger charge is -2.13. The first-order chi connectivity index (χ1) is 11.5. The molecule has 0 saturated heterocycles. The smallest absolute Gasteiger partial charge is 0.243 e. The first-order valence-corrected chi connectivity index (χ1v) is 9.18. The molecule has 0 fully saturated rings. The Morgan fingerprint density at radius 1 is 1.17 bits per heavy atom. The molecule has 0 heterocycles. The highest BCUT2D eigenvalue weighted by Gasteiger charge is 2.15. The van der Waals surface area contributed by atoms with E-state index in [1.165, 1.54) is 11.8 Å². The van der Waals surface area contributed by atoms with Gasteiger partial charge in [0.2, 0.25) is 11.8 Å². The highest BCUT2D eigenvalue weighted by Crippen LogP contribution is 2.22. The number of halogens is 1. The molecule has 0 aliphatic carbocycles. The number of carbonyl (C=O) groups excluding carboxylic acids is 2. The van der Waals surface area contributed by atoms with Gasteiger partial charge in [0, 0.05) is 15.1 Å². The molecule has 1 atom stereocenters. The van der Waals surface area contributed by atoms with Gasteiger partial charge in [0.1, 0.15) is 0 Å². The molecule has 24 heavy (non-hydrogen) atoms. The molecule has 0 bridgehead atoms. The maximum atomic E-state index is 12.1. The largest absolute Gasteiger partial charge is 0.346 e. The van der Waals surface area contributed by atoms with Crippen LogP contribution in [0.5, 0.6) is 0 Å². The van der Waals surface area contributed by atoms with Gasteiger partial charge in [-0.1, -0.05) is 34.1 Å². The van der Waals surface area contributed by atoms with Crippen LogP contribution in [0.1, 0.15) is 12.5 Å². The number of rotatable bonds is 6. The second-order valence-corrected chi connectivity index (χ2v) is 7.63. The van der Waals surface area contributed by atoms with Crippen LogP contribution in [0, 0.1) is 6.92 Å². The number of thioether (sulfide) groups is 1. The third kappa shape index (κ3) is 5.69. The van der Waals surface area contributed by atoms with Gasteiger partial charge in [0.05, 0.1) is 11.8 Å². The van der Waals surface area contributed by atoms with Crippen LogP contribution in [-0.2, 0) is 9.59 Å². The molecule has 2 aromatic rings. The van der Waals surface area contributed by atoms with Crippen molar-refractivity contribution in [1.82, 2.24) is 5.32 Å². The predicted molar refractivity (Wildman–Crippen MR) is 102 cm³/mol. The normalized spacial score (nSPS) is 11.6. The Morgan fingerprint density at radius 2 is 1.88 bits per heavy atom. The highest BCUT2D eigenvalue weighted by atomic mass is 79.9. The van der Waals surface area contributed by atoms with Crippen molar-refractivity contribution in [3.63, 3.8) is 0 Å². The topological polar surface area (TPSA) is 58.2 Å². The van der Waals surface area contributed by atoms with Crippen molar-refractivity contribution >= 4 is 45.2 Å². The van der Waals surface area contributed by atoms with E-state index in [1.54, 1.807) is 0 Å². The van der Waals surface area contributed by atoms with Crippen molar-refractivity contribution in [2.45, 2.75) is 24.0 Å². The number of hydrogen-bond acceptors (Lipinski definition) is 3. The van der Waals surface area contributed by atoms with E-state index in [0.29, 0.717) is 0 Å². The molecular formula is C18H19BrN2O2S. The molecule has 6 heteroatoms. The molecule has 126 valence electrons. The molecule has 0 radical (unpaired) electrons. The van der Waals surface area contributed by atoms with Crippen molar-refractivity contribution in [1.29, 1.82) is 0 Å². The number of anilines is 1. The van der Waals surface area contributed by atoms with Crippen LogP contribution in [0.3, 0.4) is 0 Å². The van der Waals surface area contributed by atoms with E-state index in [-0.39, 0.29) is 23.6 Å². The summed E-state index contributed by atoms with van der Waals surface area (Å²) in [6.07, 6.45) is 0. The zero-order valence-corrected chi connectivity index (χ0v) is 15.9. The standard InChI is InChI=1S/C18H19BrN2O2S/c1-12-10-14(19)8-9-16(12)21-17(22)11-20-18(23)13(2)24-15-6-4-3-5-7-15/h3-10,13H,11H2,1-2H3,(H,20,23)(H,21,22). The zero-order valence-electron chi connectivity index (χ0n) is 13.5. The summed E-state index contributed by atoms with van der Waals surface area (Å²) in [5, 5.41) is 5.20. The molecule has 0 aliphatic heterocycles. The van der Waals surface area contributed by atoms with Gasteiger partial charge in [-0.05, 0) is 49.7 Å². The van der Waals surface area contributed by atoms with Gasteiger partial charge in [-0.2, -0.15) is 0 Å². The van der Waals surface area contributed by atoms with Crippen LogP contribution in [0.15, 0.2) is 57.9 Å². The van der Waals surface area contributed by atoms with E-state index in [4.69, 9.17) is 0 Å². The molecule has 2 amide bonds. The van der Waals surface area contributed by atoms with E-state index >= 15 is 0 Å². The van der Waals surface area contributed by atoms with Crippen LogP contribution in [0.4, 0.5) is 5.69 Å². The van der Waals surface area contributed by atoms with Crippen LogP contribution >= 0.6 is 27.7 Å². The highest BCUT2D eigenvalue weighted by molar-refractivity contribution is 9.10. The Labute approximate surface area is 154 Å². The van der Waals surface area contributed by atoms with Gasteiger partial charge in [-0.15, -0.1) is 11.8 Å². The second kappa shape index (κ2) is 8.89. The molecule has 0 aliphatic rings. The summed E-state index contributed by atoms with van der Waals surface area (Å²) in [4.78, 5) is 25.1. The molecular weight excluding hydrogens is 388 g/mol. The predicted octanol–water partition coefficient (Wildman–Crippen LogP) is 3.99. The minimum absolute atomic E-state index is 0.0476. The van der Waals surface area contributed by atoms with Crippen molar-refractivity contribution in [3.05, 3.63) is 58.6 Å². The van der Waals surface area contributed by atoms with Crippen LogP contribution in [0.25, 0.3) is 0 Å². The zero-order chi connectivity index (χ0) is 17.5. The average molecular weight is 407 g/mol. The lowest BCUT2D eigenvalue weighted by molar-refractivity contribution is -0.123. The van der Waals surface area contributed by atoms with E-state index in [0.717, 1.165) is 20.6 Å². The molecule has 0 saturated carbocycles. The summed E-state index contributed by atoms with van der Waals surface area (Å²) in [6.45, 7) is 3.69. The van der Waals surface area contributed by atoms with Crippen molar-refractivity contribution in [2.75, 3.05) is 11.9 Å². The number of carbonyl (C=O) groups is 2. The van der Waals surface area contributed by atoms with Crippen LogP contribution in [0.2, 0.25) is 0 Å². The van der Waals surface area contributed by atoms with Gasteiger partial charge in [-0.3, -0.25) is 9.59 Å². The van der Waals surface area contributed by atoms with E-state index < -0.39 is 0 Å². The van der Waals surface area contributed by atoms with Gasteiger partial charge in [0.25, 0.3) is 0 Å². The summed E-state index contributed by atoms with van der Waals surface area (Å²) in [6, 6.07) is 15.3. The van der Waals surface area contributed by atoms with Crippen molar-refractivity contribution in [3.8, 4) is 0 Å². The lowest BCUT2D eigenvalue weighted by atomic mass is 10.2. The molecule has 2 rings (SSSR count). The molecule has 0 aromatic heterocycles. The SMILES string of the molecule is Cc1cc(Br)ccc1NC(=O)CNC(=O)C(C)Sc1ccccc1. The van der Waals surface area contributed by atoms with Crippen LogP contribution in [-0.4, -0.2) is 23.6 Å². The van der Waals surface area contributed by atoms with Crippen molar-refractivity contribution in [2.24, 2.45) is 0 Å². The Balaban J connectivity index is 1.81. The number of amides is 2. The Morgan fingerprint density at radius 3 is 2.54 bits per heavy atom. The number of nitrogens with one attached hydrogen (secondary N) is 2. The van der Waals surface area contributed by atoms with Crippen molar-refractivity contribution < 1.29 is 9.59 Å². The van der Waals surface area contributed by atoms with Gasteiger partial charge >= 0.3 is 0 Å². The Hall–Kier alpha value is -1.79. The monoisotopic (exact) mass is 406 g/mol. The summed E-state index contributed by atoms with van der Waals surface area (Å²) in [7, 11) is 0. The van der Waals surface area contributed by atoms with Gasteiger partial charge < -0.3 is 10.6 Å². The fourth-order valence-electron chi connectivity index (χ4n) is 2.03. The maximum Gasteiger partial charge on any atom is 0.243 e. The average Bonchev–Trinajstić information content (AvgIpc) is 2.56. The maximum absolute atomic E-state index is 12.1. The molecule has 1 unspecified atom stereocenters.